The first-order chi connectivity index (χ1) is 10.00. The molecule has 0 bridgehead atoms. The highest BCUT2D eigenvalue weighted by molar-refractivity contribution is 7.89. The Morgan fingerprint density at radius 3 is 2.52 bits per heavy atom. The summed E-state index contributed by atoms with van der Waals surface area (Å²) in [6.07, 6.45) is 1.54. The van der Waals surface area contributed by atoms with E-state index < -0.39 is 10.0 Å². The van der Waals surface area contributed by atoms with E-state index in [0.717, 1.165) is 13.1 Å². The zero-order valence-corrected chi connectivity index (χ0v) is 13.2. The molecule has 0 spiro atoms. The average Bonchev–Trinajstić information content (AvgIpc) is 2.47. The van der Waals surface area contributed by atoms with E-state index in [1.807, 2.05) is 7.05 Å². The van der Waals surface area contributed by atoms with E-state index in [2.05, 4.69) is 9.88 Å². The number of fused-ring (bicyclic) bond motifs is 1. The van der Waals surface area contributed by atoms with Crippen molar-refractivity contribution in [2.45, 2.75) is 4.90 Å². The number of likely N-dealkylation sites (N-methyl/N-ethyl adjacent to an activating group) is 1. The van der Waals surface area contributed by atoms with Crippen molar-refractivity contribution in [3.05, 3.63) is 35.6 Å². The molecule has 21 heavy (non-hydrogen) atoms. The van der Waals surface area contributed by atoms with Crippen LogP contribution in [-0.2, 0) is 10.0 Å². The maximum atomic E-state index is 12.9. The van der Waals surface area contributed by atoms with Crippen molar-refractivity contribution in [2.75, 3.05) is 33.2 Å². The Morgan fingerprint density at radius 1 is 1.10 bits per heavy atom. The van der Waals surface area contributed by atoms with Crippen LogP contribution in [0.5, 0.6) is 0 Å². The SMILES string of the molecule is CN1CCN(S(=O)(=O)c2cccc3c(Cl)nccc23)CC1. The fourth-order valence-electron chi connectivity index (χ4n) is 2.54. The number of hydrogen-bond donors (Lipinski definition) is 0. The number of piperazine rings is 1. The van der Waals surface area contributed by atoms with Gasteiger partial charge in [-0.05, 0) is 19.2 Å². The first-order valence-corrected chi connectivity index (χ1v) is 8.54. The number of rotatable bonds is 2. The fraction of sp³-hybridized carbons (Fsp3) is 0.357. The molecule has 2 heterocycles. The maximum absolute atomic E-state index is 12.9. The largest absolute Gasteiger partial charge is 0.304 e. The van der Waals surface area contributed by atoms with Crippen LogP contribution in [0.15, 0.2) is 35.4 Å². The van der Waals surface area contributed by atoms with Crippen LogP contribution in [0.3, 0.4) is 0 Å². The number of hydrogen-bond acceptors (Lipinski definition) is 4. The lowest BCUT2D eigenvalue weighted by molar-refractivity contribution is 0.222. The Kier molecular flexibility index (Phi) is 3.88. The van der Waals surface area contributed by atoms with Gasteiger partial charge in [0.25, 0.3) is 0 Å². The van der Waals surface area contributed by atoms with Gasteiger partial charge < -0.3 is 4.90 Å². The molecule has 1 aromatic heterocycles. The molecule has 1 aliphatic heterocycles. The summed E-state index contributed by atoms with van der Waals surface area (Å²) < 4.78 is 27.3. The summed E-state index contributed by atoms with van der Waals surface area (Å²) in [5.41, 5.74) is 0. The summed E-state index contributed by atoms with van der Waals surface area (Å²) in [4.78, 5) is 6.42. The molecular weight excluding hydrogens is 310 g/mol. The van der Waals surface area contributed by atoms with Crippen LogP contribution >= 0.6 is 11.6 Å². The first kappa shape index (κ1) is 14.7. The van der Waals surface area contributed by atoms with Gasteiger partial charge in [0.15, 0.2) is 0 Å². The Morgan fingerprint density at radius 2 is 1.81 bits per heavy atom. The molecule has 0 N–H and O–H groups in total. The molecule has 0 radical (unpaired) electrons. The van der Waals surface area contributed by atoms with Gasteiger partial charge in [-0.25, -0.2) is 13.4 Å². The van der Waals surface area contributed by atoms with Crippen LogP contribution in [0.25, 0.3) is 10.8 Å². The van der Waals surface area contributed by atoms with Gasteiger partial charge in [0.05, 0.1) is 4.90 Å². The van der Waals surface area contributed by atoms with Crippen molar-refractivity contribution >= 4 is 32.4 Å². The van der Waals surface area contributed by atoms with E-state index in [1.54, 1.807) is 24.3 Å². The van der Waals surface area contributed by atoms with E-state index in [9.17, 15) is 8.42 Å². The third-order valence-corrected chi connectivity index (χ3v) is 6.06. The Hall–Kier alpha value is -1.21. The van der Waals surface area contributed by atoms with Crippen molar-refractivity contribution in [3.8, 4) is 0 Å². The van der Waals surface area contributed by atoms with Gasteiger partial charge >= 0.3 is 0 Å². The second-order valence-electron chi connectivity index (χ2n) is 5.16. The van der Waals surface area contributed by atoms with Gasteiger partial charge in [0.2, 0.25) is 10.0 Å². The molecule has 3 rings (SSSR count). The molecule has 7 heteroatoms. The minimum Gasteiger partial charge on any atom is -0.304 e. The lowest BCUT2D eigenvalue weighted by Crippen LogP contribution is -2.47. The van der Waals surface area contributed by atoms with Crippen LogP contribution in [0.2, 0.25) is 5.15 Å². The lowest BCUT2D eigenvalue weighted by atomic mass is 10.2. The van der Waals surface area contributed by atoms with Crippen molar-refractivity contribution in [3.63, 3.8) is 0 Å². The van der Waals surface area contributed by atoms with E-state index in [-0.39, 0.29) is 0 Å². The number of pyridine rings is 1. The predicted molar refractivity (Wildman–Crippen MR) is 83.0 cm³/mol. The molecule has 1 aromatic carbocycles. The highest BCUT2D eigenvalue weighted by atomic mass is 35.5. The summed E-state index contributed by atoms with van der Waals surface area (Å²) in [6, 6.07) is 6.82. The van der Waals surface area contributed by atoms with Gasteiger partial charge in [0, 0.05) is 43.1 Å². The van der Waals surface area contributed by atoms with Crippen molar-refractivity contribution in [1.82, 2.24) is 14.2 Å². The highest BCUT2D eigenvalue weighted by Crippen LogP contribution is 2.29. The molecule has 0 atom stereocenters. The van der Waals surface area contributed by atoms with Crippen LogP contribution in [0, 0.1) is 0 Å². The summed E-state index contributed by atoms with van der Waals surface area (Å²) in [7, 11) is -1.52. The quantitative estimate of drug-likeness (QED) is 0.790. The van der Waals surface area contributed by atoms with Gasteiger partial charge in [-0.2, -0.15) is 4.31 Å². The van der Waals surface area contributed by atoms with Crippen molar-refractivity contribution in [2.24, 2.45) is 0 Å². The van der Waals surface area contributed by atoms with Gasteiger partial charge in [-0.3, -0.25) is 0 Å². The number of aromatic nitrogens is 1. The minimum atomic E-state index is -3.51. The number of halogens is 1. The van der Waals surface area contributed by atoms with E-state index in [4.69, 9.17) is 11.6 Å². The first-order valence-electron chi connectivity index (χ1n) is 6.72. The molecule has 2 aromatic rings. The third-order valence-electron chi connectivity index (χ3n) is 3.80. The van der Waals surface area contributed by atoms with Crippen LogP contribution < -0.4 is 0 Å². The summed E-state index contributed by atoms with van der Waals surface area (Å²) in [5.74, 6) is 0. The molecule has 1 saturated heterocycles. The molecule has 0 saturated carbocycles. The Labute approximate surface area is 129 Å². The van der Waals surface area contributed by atoms with E-state index >= 15 is 0 Å². The summed E-state index contributed by atoms with van der Waals surface area (Å²) >= 11 is 6.06. The zero-order chi connectivity index (χ0) is 15.0. The molecular formula is C14H16ClN3O2S. The lowest BCUT2D eigenvalue weighted by Gasteiger charge is -2.31. The second kappa shape index (κ2) is 5.53. The summed E-state index contributed by atoms with van der Waals surface area (Å²) in [5, 5.41) is 1.61. The Bertz CT molecular complexity index is 771. The fourth-order valence-corrected chi connectivity index (χ4v) is 4.38. The number of benzene rings is 1. The predicted octanol–water partition coefficient (Wildman–Crippen LogP) is 1.82. The normalized spacial score (nSPS) is 18.2. The molecule has 0 unspecified atom stereocenters. The monoisotopic (exact) mass is 325 g/mol. The zero-order valence-electron chi connectivity index (χ0n) is 11.7. The smallest absolute Gasteiger partial charge is 0.243 e. The van der Waals surface area contributed by atoms with Crippen LogP contribution in [0.4, 0.5) is 0 Å². The van der Waals surface area contributed by atoms with Crippen molar-refractivity contribution < 1.29 is 8.42 Å². The highest BCUT2D eigenvalue weighted by Gasteiger charge is 2.28. The molecule has 5 nitrogen and oxygen atoms in total. The topological polar surface area (TPSA) is 53.5 Å². The molecule has 0 aliphatic carbocycles. The number of sulfonamides is 1. The second-order valence-corrected chi connectivity index (χ2v) is 7.42. The van der Waals surface area contributed by atoms with E-state index in [0.29, 0.717) is 33.9 Å². The Balaban J connectivity index is 2.09. The summed E-state index contributed by atoms with van der Waals surface area (Å²) in [6.45, 7) is 2.50. The molecule has 1 aliphatic rings. The van der Waals surface area contributed by atoms with Crippen molar-refractivity contribution in [1.29, 1.82) is 0 Å². The molecule has 1 fully saturated rings. The minimum absolute atomic E-state index is 0.300. The standard InChI is InChI=1S/C14H16ClN3O2S/c1-17-7-9-18(10-8-17)21(19,20)13-4-2-3-12-11(13)5-6-16-14(12)15/h2-6H,7-10H2,1H3. The molecule has 0 amide bonds. The average molecular weight is 326 g/mol. The number of nitrogens with zero attached hydrogens (tertiary/aromatic N) is 3. The molecule has 112 valence electrons. The van der Waals surface area contributed by atoms with Crippen LogP contribution in [0.1, 0.15) is 0 Å². The van der Waals surface area contributed by atoms with Gasteiger partial charge in [-0.15, -0.1) is 0 Å². The van der Waals surface area contributed by atoms with Gasteiger partial charge in [-0.1, -0.05) is 23.7 Å². The maximum Gasteiger partial charge on any atom is 0.243 e. The third kappa shape index (κ3) is 2.64. The van der Waals surface area contributed by atoms with Crippen LogP contribution in [-0.4, -0.2) is 55.8 Å². The van der Waals surface area contributed by atoms with E-state index in [1.165, 1.54) is 10.5 Å². The van der Waals surface area contributed by atoms with Gasteiger partial charge in [0.1, 0.15) is 5.15 Å².